The topological polar surface area (TPSA) is 73.6 Å². The van der Waals surface area contributed by atoms with E-state index in [4.69, 9.17) is 4.74 Å². The molecule has 0 aliphatic heterocycles. The Morgan fingerprint density at radius 1 is 1.32 bits per heavy atom. The summed E-state index contributed by atoms with van der Waals surface area (Å²) in [5.41, 5.74) is -0.995. The van der Waals surface area contributed by atoms with Crippen LogP contribution < -0.4 is 5.56 Å². The summed E-state index contributed by atoms with van der Waals surface area (Å²) in [5, 5.41) is 4.28. The Bertz CT molecular complexity index is 1010. The molecule has 0 bridgehead atoms. The van der Waals surface area contributed by atoms with Crippen LogP contribution in [0.2, 0.25) is 0 Å². The molecule has 0 spiro atoms. The molecular formula is C15H10F3N3O3S. The monoisotopic (exact) mass is 369 g/mol. The van der Waals surface area contributed by atoms with Gasteiger partial charge in [-0.2, -0.15) is 22.8 Å². The average Bonchev–Trinajstić information content (AvgIpc) is 2.95. The predicted octanol–water partition coefficient (Wildman–Crippen LogP) is 2.84. The minimum absolute atomic E-state index is 0.220. The van der Waals surface area contributed by atoms with Crippen molar-refractivity contribution in [1.29, 1.82) is 0 Å². The van der Waals surface area contributed by atoms with Crippen LogP contribution in [0, 0.1) is 6.92 Å². The zero-order valence-electron chi connectivity index (χ0n) is 12.7. The Balaban J connectivity index is 1.77. The van der Waals surface area contributed by atoms with Crippen molar-refractivity contribution in [2.45, 2.75) is 19.7 Å². The Morgan fingerprint density at radius 3 is 2.80 bits per heavy atom. The number of hydrogen-bond acceptors (Lipinski definition) is 6. The van der Waals surface area contributed by atoms with Gasteiger partial charge in [0.1, 0.15) is 6.61 Å². The summed E-state index contributed by atoms with van der Waals surface area (Å²) < 4.78 is 44.1. The Morgan fingerprint density at radius 2 is 2.08 bits per heavy atom. The van der Waals surface area contributed by atoms with Gasteiger partial charge in [0.2, 0.25) is 4.96 Å². The lowest BCUT2D eigenvalue weighted by molar-refractivity contribution is -0.137. The van der Waals surface area contributed by atoms with Gasteiger partial charge in [-0.1, -0.05) is 17.4 Å². The lowest BCUT2D eigenvalue weighted by Gasteiger charge is -2.08. The third-order valence-electron chi connectivity index (χ3n) is 3.17. The van der Waals surface area contributed by atoms with Crippen molar-refractivity contribution in [2.24, 2.45) is 0 Å². The van der Waals surface area contributed by atoms with E-state index in [1.807, 2.05) is 0 Å². The molecule has 0 atom stereocenters. The number of hydrogen-bond donors (Lipinski definition) is 0. The number of fused-ring (bicyclic) bond motifs is 1. The summed E-state index contributed by atoms with van der Waals surface area (Å²) >= 11 is 1.05. The number of carbonyl (C=O) groups is 1. The van der Waals surface area contributed by atoms with Crippen molar-refractivity contribution >= 4 is 22.3 Å². The summed E-state index contributed by atoms with van der Waals surface area (Å²) in [7, 11) is 0. The van der Waals surface area contributed by atoms with E-state index in [0.717, 1.165) is 34.1 Å². The molecule has 2 aromatic heterocycles. The molecule has 0 N–H and O–H groups in total. The maximum atomic E-state index is 12.7. The van der Waals surface area contributed by atoms with Crippen LogP contribution in [-0.2, 0) is 17.5 Å². The van der Waals surface area contributed by atoms with Crippen LogP contribution in [0.1, 0.15) is 26.6 Å². The van der Waals surface area contributed by atoms with Crippen molar-refractivity contribution in [1.82, 2.24) is 14.6 Å². The highest BCUT2D eigenvalue weighted by molar-refractivity contribution is 7.16. The number of halogens is 3. The maximum Gasteiger partial charge on any atom is 0.416 e. The van der Waals surface area contributed by atoms with Crippen molar-refractivity contribution < 1.29 is 22.7 Å². The van der Waals surface area contributed by atoms with Crippen molar-refractivity contribution in [3.05, 3.63) is 62.5 Å². The summed E-state index contributed by atoms with van der Waals surface area (Å²) in [6.07, 6.45) is -4.55. The van der Waals surface area contributed by atoms with Gasteiger partial charge in [-0.3, -0.25) is 4.79 Å². The molecular weight excluding hydrogens is 359 g/mol. The maximum absolute atomic E-state index is 12.7. The minimum atomic E-state index is -4.55. The van der Waals surface area contributed by atoms with E-state index in [9.17, 15) is 22.8 Å². The van der Waals surface area contributed by atoms with Gasteiger partial charge >= 0.3 is 12.1 Å². The van der Waals surface area contributed by atoms with E-state index >= 15 is 0 Å². The summed E-state index contributed by atoms with van der Waals surface area (Å²) in [6, 6.07) is 5.25. The molecule has 3 rings (SSSR count). The molecule has 0 unspecified atom stereocenters. The van der Waals surface area contributed by atoms with Gasteiger partial charge in [0.25, 0.3) is 5.56 Å². The molecule has 0 amide bonds. The smallest absolute Gasteiger partial charge is 0.416 e. The first kappa shape index (κ1) is 17.1. The van der Waals surface area contributed by atoms with Crippen LogP contribution in [0.4, 0.5) is 13.2 Å². The number of aromatic nitrogens is 3. The summed E-state index contributed by atoms with van der Waals surface area (Å²) in [4.78, 5) is 28.2. The first-order chi connectivity index (χ1) is 11.7. The van der Waals surface area contributed by atoms with Crippen LogP contribution in [0.3, 0.4) is 0 Å². The fraction of sp³-hybridized carbons (Fsp3) is 0.200. The van der Waals surface area contributed by atoms with Crippen LogP contribution in [-0.4, -0.2) is 20.6 Å². The van der Waals surface area contributed by atoms with Gasteiger partial charge in [-0.25, -0.2) is 9.78 Å². The third-order valence-corrected chi connectivity index (χ3v) is 4.05. The molecule has 130 valence electrons. The number of rotatable bonds is 3. The molecule has 0 aliphatic rings. The highest BCUT2D eigenvalue weighted by Crippen LogP contribution is 2.29. The highest BCUT2D eigenvalue weighted by atomic mass is 32.1. The normalized spacial score (nSPS) is 11.7. The largest absolute Gasteiger partial charge is 0.455 e. The van der Waals surface area contributed by atoms with Gasteiger partial charge in [-0.15, -0.1) is 0 Å². The molecule has 0 radical (unpaired) electrons. The predicted molar refractivity (Wildman–Crippen MR) is 82.4 cm³/mol. The second-order valence-electron chi connectivity index (χ2n) is 5.08. The molecule has 0 fully saturated rings. The standard InChI is InChI=1S/C15H10F3N3O3S/c1-8-5-12(22)21-14(19-8)25-11(20-21)7-24-13(23)9-3-2-4-10(6-9)15(16,17)18/h2-6H,7H2,1H3. The lowest BCUT2D eigenvalue weighted by atomic mass is 10.1. The molecule has 1 aromatic carbocycles. The Hall–Kier alpha value is -2.75. The number of nitrogens with zero attached hydrogens (tertiary/aromatic N) is 3. The van der Waals surface area contributed by atoms with Crippen LogP contribution >= 0.6 is 11.3 Å². The van der Waals surface area contributed by atoms with E-state index in [2.05, 4.69) is 10.1 Å². The van der Waals surface area contributed by atoms with Gasteiger partial charge in [0, 0.05) is 11.8 Å². The average molecular weight is 369 g/mol. The first-order valence-electron chi connectivity index (χ1n) is 6.95. The van der Waals surface area contributed by atoms with Gasteiger partial charge in [0.15, 0.2) is 5.01 Å². The Labute approximate surface area is 142 Å². The van der Waals surface area contributed by atoms with Gasteiger partial charge in [-0.05, 0) is 25.1 Å². The summed E-state index contributed by atoms with van der Waals surface area (Å²) in [6.45, 7) is 1.38. The fourth-order valence-corrected chi connectivity index (χ4v) is 2.91. The molecule has 0 aliphatic carbocycles. The van der Waals surface area contributed by atoms with Crippen LogP contribution in [0.15, 0.2) is 35.1 Å². The third kappa shape index (κ3) is 3.68. The second kappa shape index (κ2) is 6.28. The van der Waals surface area contributed by atoms with E-state index in [0.29, 0.717) is 15.7 Å². The van der Waals surface area contributed by atoms with Gasteiger partial charge < -0.3 is 4.74 Å². The molecule has 0 saturated heterocycles. The minimum Gasteiger partial charge on any atom is -0.455 e. The lowest BCUT2D eigenvalue weighted by Crippen LogP contribution is -2.14. The van der Waals surface area contributed by atoms with E-state index in [-0.39, 0.29) is 17.7 Å². The second-order valence-corrected chi connectivity index (χ2v) is 6.12. The highest BCUT2D eigenvalue weighted by Gasteiger charge is 2.31. The van der Waals surface area contributed by atoms with Gasteiger partial charge in [0.05, 0.1) is 11.1 Å². The van der Waals surface area contributed by atoms with Crippen molar-refractivity contribution in [3.63, 3.8) is 0 Å². The fourth-order valence-electron chi connectivity index (χ4n) is 2.05. The summed E-state index contributed by atoms with van der Waals surface area (Å²) in [5.74, 6) is -0.915. The van der Waals surface area contributed by atoms with Crippen LogP contribution in [0.5, 0.6) is 0 Å². The SMILES string of the molecule is Cc1cc(=O)n2nc(COC(=O)c3cccc(C(F)(F)F)c3)sc2n1. The molecule has 25 heavy (non-hydrogen) atoms. The number of ether oxygens (including phenoxy) is 1. The van der Waals surface area contributed by atoms with E-state index in [1.54, 1.807) is 6.92 Å². The number of benzene rings is 1. The van der Waals surface area contributed by atoms with Crippen molar-refractivity contribution in [3.8, 4) is 0 Å². The number of alkyl halides is 3. The molecule has 6 nitrogen and oxygen atoms in total. The van der Waals surface area contributed by atoms with E-state index in [1.165, 1.54) is 12.1 Å². The van der Waals surface area contributed by atoms with E-state index < -0.39 is 17.7 Å². The number of esters is 1. The van der Waals surface area contributed by atoms with Crippen molar-refractivity contribution in [2.75, 3.05) is 0 Å². The zero-order valence-corrected chi connectivity index (χ0v) is 13.5. The number of carbonyl (C=O) groups excluding carboxylic acids is 1. The quantitative estimate of drug-likeness (QED) is 0.664. The molecule has 3 aromatic rings. The zero-order chi connectivity index (χ0) is 18.2. The number of aryl methyl sites for hydroxylation is 1. The molecule has 10 heteroatoms. The molecule has 0 saturated carbocycles. The Kier molecular flexibility index (Phi) is 4.29. The molecule has 2 heterocycles. The van der Waals surface area contributed by atoms with Crippen LogP contribution in [0.25, 0.3) is 4.96 Å². The first-order valence-corrected chi connectivity index (χ1v) is 7.76.